The van der Waals surface area contributed by atoms with E-state index in [0.29, 0.717) is 26.8 Å². The van der Waals surface area contributed by atoms with E-state index in [1.54, 1.807) is 13.1 Å². The number of rotatable bonds is 1. The van der Waals surface area contributed by atoms with Crippen LogP contribution in [0.5, 0.6) is 0 Å². The lowest BCUT2D eigenvalue weighted by Crippen LogP contribution is -2.07. The Hall–Kier alpha value is -1.63. The predicted octanol–water partition coefficient (Wildman–Crippen LogP) is 1.10. The summed E-state index contributed by atoms with van der Waals surface area (Å²) in [5.74, 6) is -0.485. The van der Waals surface area contributed by atoms with E-state index in [1.165, 1.54) is 11.8 Å². The smallest absolute Gasteiger partial charge is 0.340 e. The summed E-state index contributed by atoms with van der Waals surface area (Å²) in [4.78, 5) is 11.5. The first kappa shape index (κ1) is 10.9. The number of benzene rings is 1. The highest BCUT2D eigenvalue weighted by atomic mass is 79.9. The minimum Gasteiger partial charge on any atom is -0.465 e. The number of fused-ring (bicyclic) bond motifs is 1. The molecule has 16 heavy (non-hydrogen) atoms. The van der Waals surface area contributed by atoms with Gasteiger partial charge in [0.2, 0.25) is 0 Å². The van der Waals surface area contributed by atoms with Crippen molar-refractivity contribution in [2.24, 2.45) is 7.05 Å². The fourth-order valence-electron chi connectivity index (χ4n) is 1.50. The number of carbonyl (C=O) groups is 1. The Labute approximate surface area is 99.5 Å². The molecule has 2 N–H and O–H groups in total. The molecule has 1 aromatic carbocycles. The Morgan fingerprint density at radius 1 is 1.62 bits per heavy atom. The van der Waals surface area contributed by atoms with Crippen LogP contribution in [0.25, 0.3) is 11.0 Å². The summed E-state index contributed by atoms with van der Waals surface area (Å²) in [7, 11) is 3.01. The first-order chi connectivity index (χ1) is 7.56. The number of nitrogens with zero attached hydrogens (tertiary/aromatic N) is 3. The minimum absolute atomic E-state index is 0.298. The van der Waals surface area contributed by atoms with Crippen LogP contribution in [0.3, 0.4) is 0 Å². The number of nitrogens with two attached hydrogens (primary N) is 1. The highest BCUT2D eigenvalue weighted by Gasteiger charge is 2.18. The number of halogens is 1. The number of ether oxygens (including phenoxy) is 1. The van der Waals surface area contributed by atoms with Crippen molar-refractivity contribution >= 4 is 38.6 Å². The maximum absolute atomic E-state index is 11.5. The van der Waals surface area contributed by atoms with Crippen LogP contribution in [0.2, 0.25) is 0 Å². The van der Waals surface area contributed by atoms with E-state index in [4.69, 9.17) is 5.73 Å². The second-order valence-electron chi connectivity index (χ2n) is 3.22. The van der Waals surface area contributed by atoms with E-state index >= 15 is 0 Å². The number of hydrogen-bond acceptors (Lipinski definition) is 5. The third kappa shape index (κ3) is 1.44. The number of aromatic nitrogens is 3. The maximum Gasteiger partial charge on any atom is 0.340 e. The lowest BCUT2D eigenvalue weighted by atomic mass is 10.1. The summed E-state index contributed by atoms with van der Waals surface area (Å²) < 4.78 is 6.82. The standard InChI is InChI=1S/C9H9BrN4O2/c1-14-8-6(11)4(9(15)16-2)3-5(10)7(8)12-13-14/h3H,11H2,1-2H3. The molecular formula is C9H9BrN4O2. The minimum atomic E-state index is -0.485. The van der Waals surface area contributed by atoms with Crippen molar-refractivity contribution in [1.82, 2.24) is 15.0 Å². The van der Waals surface area contributed by atoms with Gasteiger partial charge in [0.15, 0.2) is 0 Å². The van der Waals surface area contributed by atoms with Gasteiger partial charge in [0.05, 0.1) is 18.4 Å². The highest BCUT2D eigenvalue weighted by Crippen LogP contribution is 2.30. The molecule has 1 aromatic heterocycles. The van der Waals surface area contributed by atoms with Crippen LogP contribution in [-0.2, 0) is 11.8 Å². The van der Waals surface area contributed by atoms with Gasteiger partial charge < -0.3 is 10.5 Å². The number of carbonyl (C=O) groups excluding carboxylic acids is 1. The molecule has 0 radical (unpaired) electrons. The molecule has 1 heterocycles. The molecule has 0 bridgehead atoms. The van der Waals surface area contributed by atoms with Crippen molar-refractivity contribution in [3.05, 3.63) is 16.1 Å². The fourth-order valence-corrected chi connectivity index (χ4v) is 2.00. The fraction of sp³-hybridized carbons (Fsp3) is 0.222. The lowest BCUT2D eigenvalue weighted by molar-refractivity contribution is 0.0602. The predicted molar refractivity (Wildman–Crippen MR) is 62.0 cm³/mol. The van der Waals surface area contributed by atoms with Gasteiger partial charge in [-0.15, -0.1) is 5.10 Å². The molecule has 0 amide bonds. The third-order valence-electron chi connectivity index (χ3n) is 2.27. The summed E-state index contributed by atoms with van der Waals surface area (Å²) in [5.41, 5.74) is 7.73. The Morgan fingerprint density at radius 3 is 2.94 bits per heavy atom. The van der Waals surface area contributed by atoms with Gasteiger partial charge in [-0.25, -0.2) is 9.48 Å². The summed E-state index contributed by atoms with van der Waals surface area (Å²) in [5, 5.41) is 7.79. The van der Waals surface area contributed by atoms with Gasteiger partial charge in [-0.05, 0) is 22.0 Å². The summed E-state index contributed by atoms with van der Waals surface area (Å²) >= 11 is 3.31. The Bertz CT molecular complexity index is 578. The first-order valence-corrected chi connectivity index (χ1v) is 5.21. The SMILES string of the molecule is COC(=O)c1cc(Br)c2nnn(C)c2c1N. The molecule has 6 nitrogen and oxygen atoms in total. The van der Waals surface area contributed by atoms with Crippen LogP contribution in [0.15, 0.2) is 10.5 Å². The average molecular weight is 285 g/mol. The molecule has 0 spiro atoms. The number of esters is 1. The molecule has 7 heteroatoms. The van der Waals surface area contributed by atoms with Gasteiger partial charge in [-0.2, -0.15) is 0 Å². The van der Waals surface area contributed by atoms with Crippen molar-refractivity contribution in [3.8, 4) is 0 Å². The molecule has 0 aliphatic heterocycles. The molecule has 84 valence electrons. The molecule has 0 aliphatic rings. The molecule has 0 fully saturated rings. The monoisotopic (exact) mass is 284 g/mol. The van der Waals surface area contributed by atoms with Crippen molar-refractivity contribution in [2.75, 3.05) is 12.8 Å². The normalized spacial score (nSPS) is 10.7. The molecule has 2 rings (SSSR count). The van der Waals surface area contributed by atoms with E-state index in [2.05, 4.69) is 31.0 Å². The molecule has 0 saturated carbocycles. The second-order valence-corrected chi connectivity index (χ2v) is 4.08. The molecule has 0 aliphatic carbocycles. The molecule has 2 aromatic rings. The van der Waals surface area contributed by atoms with Crippen molar-refractivity contribution in [3.63, 3.8) is 0 Å². The van der Waals surface area contributed by atoms with E-state index in [0.717, 1.165) is 0 Å². The van der Waals surface area contributed by atoms with Gasteiger partial charge in [-0.1, -0.05) is 5.21 Å². The van der Waals surface area contributed by atoms with E-state index in [1.807, 2.05) is 0 Å². The Morgan fingerprint density at radius 2 is 2.31 bits per heavy atom. The van der Waals surface area contributed by atoms with E-state index < -0.39 is 5.97 Å². The quantitative estimate of drug-likeness (QED) is 0.626. The van der Waals surface area contributed by atoms with E-state index in [-0.39, 0.29) is 0 Å². The summed E-state index contributed by atoms with van der Waals surface area (Å²) in [6.45, 7) is 0. The summed E-state index contributed by atoms with van der Waals surface area (Å²) in [6, 6.07) is 1.58. The zero-order valence-corrected chi connectivity index (χ0v) is 10.3. The number of methoxy groups -OCH3 is 1. The Balaban J connectivity index is 2.83. The first-order valence-electron chi connectivity index (χ1n) is 4.42. The lowest BCUT2D eigenvalue weighted by Gasteiger charge is -2.06. The van der Waals surface area contributed by atoms with Crippen molar-refractivity contribution < 1.29 is 9.53 Å². The zero-order valence-electron chi connectivity index (χ0n) is 8.69. The second kappa shape index (κ2) is 3.75. The molecule has 0 atom stereocenters. The van der Waals surface area contributed by atoms with Crippen LogP contribution in [0, 0.1) is 0 Å². The van der Waals surface area contributed by atoms with Crippen LogP contribution in [-0.4, -0.2) is 28.1 Å². The zero-order chi connectivity index (χ0) is 11.9. The van der Waals surface area contributed by atoms with Crippen LogP contribution < -0.4 is 5.73 Å². The number of nitrogen functional groups attached to an aromatic ring is 1. The maximum atomic E-state index is 11.5. The topological polar surface area (TPSA) is 83.0 Å². The Kier molecular flexibility index (Phi) is 2.55. The highest BCUT2D eigenvalue weighted by molar-refractivity contribution is 9.10. The van der Waals surface area contributed by atoms with Crippen molar-refractivity contribution in [1.29, 1.82) is 0 Å². The molecular weight excluding hydrogens is 276 g/mol. The van der Waals surface area contributed by atoms with Crippen LogP contribution >= 0.6 is 15.9 Å². The van der Waals surface area contributed by atoms with E-state index in [9.17, 15) is 4.79 Å². The van der Waals surface area contributed by atoms with Gasteiger partial charge in [0.25, 0.3) is 0 Å². The largest absolute Gasteiger partial charge is 0.465 e. The van der Waals surface area contributed by atoms with Crippen molar-refractivity contribution in [2.45, 2.75) is 0 Å². The van der Waals surface area contributed by atoms with Gasteiger partial charge in [0, 0.05) is 11.5 Å². The van der Waals surface area contributed by atoms with Gasteiger partial charge >= 0.3 is 5.97 Å². The number of aryl methyl sites for hydroxylation is 1. The number of hydrogen-bond donors (Lipinski definition) is 1. The number of anilines is 1. The average Bonchev–Trinajstić information content (AvgIpc) is 2.65. The van der Waals surface area contributed by atoms with Gasteiger partial charge in [0.1, 0.15) is 11.0 Å². The van der Waals surface area contributed by atoms with Crippen LogP contribution in [0.1, 0.15) is 10.4 Å². The third-order valence-corrected chi connectivity index (χ3v) is 2.88. The molecule has 0 unspecified atom stereocenters. The van der Waals surface area contributed by atoms with Gasteiger partial charge in [-0.3, -0.25) is 0 Å². The van der Waals surface area contributed by atoms with Crippen LogP contribution in [0.4, 0.5) is 5.69 Å². The summed E-state index contributed by atoms with van der Waals surface area (Å²) in [6.07, 6.45) is 0. The molecule has 0 saturated heterocycles.